The summed E-state index contributed by atoms with van der Waals surface area (Å²) in [6.07, 6.45) is 0. The van der Waals surface area contributed by atoms with Crippen LogP contribution in [0.5, 0.6) is 0 Å². The molecule has 0 radical (unpaired) electrons. The van der Waals surface area contributed by atoms with Crippen molar-refractivity contribution in [2.24, 2.45) is 0 Å². The number of fused-ring (bicyclic) bond motifs is 1. The summed E-state index contributed by atoms with van der Waals surface area (Å²) in [6, 6.07) is 6.97. The second-order valence-electron chi connectivity index (χ2n) is 2.92. The third-order valence-electron chi connectivity index (χ3n) is 1.98. The van der Waals surface area contributed by atoms with Crippen LogP contribution >= 0.6 is 0 Å². The number of ether oxygens (including phenoxy) is 1. The zero-order valence-corrected chi connectivity index (χ0v) is 7.98. The number of hydrogen-bond donors (Lipinski definition) is 1. The zero-order valence-electron chi connectivity index (χ0n) is 7.98. The second kappa shape index (κ2) is 3.53. The van der Waals surface area contributed by atoms with Gasteiger partial charge in [-0.05, 0) is 12.1 Å². The topological polar surface area (TPSA) is 72.0 Å². The number of esters is 1. The molecule has 0 aliphatic rings. The number of methoxy groups -OCH3 is 1. The van der Waals surface area contributed by atoms with Crippen LogP contribution in [-0.2, 0) is 4.74 Å². The van der Waals surface area contributed by atoms with Crippen molar-refractivity contribution in [3.8, 4) is 0 Å². The third-order valence-corrected chi connectivity index (χ3v) is 1.98. The van der Waals surface area contributed by atoms with Crippen LogP contribution in [0.3, 0.4) is 0 Å². The van der Waals surface area contributed by atoms with E-state index in [-0.39, 0.29) is 5.69 Å². The van der Waals surface area contributed by atoms with Crippen LogP contribution in [0.2, 0.25) is 0 Å². The van der Waals surface area contributed by atoms with Gasteiger partial charge in [-0.25, -0.2) is 9.78 Å². The predicted octanol–water partition coefficient (Wildman–Crippen LogP) is 0.710. The van der Waals surface area contributed by atoms with Gasteiger partial charge in [0.2, 0.25) is 5.69 Å². The molecule has 0 amide bonds. The Kier molecular flexibility index (Phi) is 2.21. The van der Waals surface area contributed by atoms with Gasteiger partial charge in [-0.1, -0.05) is 12.1 Å². The summed E-state index contributed by atoms with van der Waals surface area (Å²) in [7, 11) is 1.21. The first-order valence-corrected chi connectivity index (χ1v) is 4.30. The summed E-state index contributed by atoms with van der Waals surface area (Å²) in [6.45, 7) is 0. The van der Waals surface area contributed by atoms with Crippen molar-refractivity contribution < 1.29 is 9.53 Å². The summed E-state index contributed by atoms with van der Waals surface area (Å²) in [5.74, 6) is -0.734. The lowest BCUT2D eigenvalue weighted by Gasteiger charge is -1.99. The average molecular weight is 204 g/mol. The molecular weight excluding hydrogens is 196 g/mol. The molecule has 0 bridgehead atoms. The fourth-order valence-electron chi connectivity index (χ4n) is 1.26. The van der Waals surface area contributed by atoms with E-state index in [0.717, 1.165) is 0 Å². The monoisotopic (exact) mass is 204 g/mol. The van der Waals surface area contributed by atoms with E-state index >= 15 is 0 Å². The number of carbonyl (C=O) groups excluding carboxylic acids is 1. The SMILES string of the molecule is COC(=O)c1nc2ccccc2[nH]c1=O. The highest BCUT2D eigenvalue weighted by Crippen LogP contribution is 2.05. The molecule has 1 aromatic carbocycles. The van der Waals surface area contributed by atoms with Crippen molar-refractivity contribution in [2.75, 3.05) is 7.11 Å². The minimum absolute atomic E-state index is 0.226. The molecule has 0 aliphatic carbocycles. The lowest BCUT2D eigenvalue weighted by Crippen LogP contribution is -2.21. The van der Waals surface area contributed by atoms with E-state index in [2.05, 4.69) is 14.7 Å². The first-order valence-electron chi connectivity index (χ1n) is 4.30. The lowest BCUT2D eigenvalue weighted by molar-refractivity contribution is 0.0592. The van der Waals surface area contributed by atoms with Gasteiger partial charge >= 0.3 is 5.97 Å². The molecule has 0 aliphatic heterocycles. The highest BCUT2D eigenvalue weighted by molar-refractivity contribution is 5.89. The Morgan fingerprint density at radius 1 is 1.40 bits per heavy atom. The van der Waals surface area contributed by atoms with Gasteiger partial charge in [0.05, 0.1) is 18.1 Å². The van der Waals surface area contributed by atoms with Crippen LogP contribution in [-0.4, -0.2) is 23.0 Å². The van der Waals surface area contributed by atoms with Gasteiger partial charge in [0.25, 0.3) is 5.56 Å². The molecule has 0 spiro atoms. The minimum atomic E-state index is -0.734. The molecule has 0 saturated heterocycles. The summed E-state index contributed by atoms with van der Waals surface area (Å²) >= 11 is 0. The minimum Gasteiger partial charge on any atom is -0.464 e. The number of nitrogens with zero attached hydrogens (tertiary/aromatic N) is 1. The standard InChI is InChI=1S/C10H8N2O3/c1-15-10(14)8-9(13)12-7-5-3-2-4-6(7)11-8/h2-5H,1H3,(H,12,13). The van der Waals surface area contributed by atoms with E-state index in [1.807, 2.05) is 0 Å². The molecule has 76 valence electrons. The maximum Gasteiger partial charge on any atom is 0.362 e. The summed E-state index contributed by atoms with van der Waals surface area (Å²) in [5.41, 5.74) is 0.379. The van der Waals surface area contributed by atoms with Crippen LogP contribution in [0, 0.1) is 0 Å². The Morgan fingerprint density at radius 3 is 2.87 bits per heavy atom. The van der Waals surface area contributed by atoms with Gasteiger partial charge in [0.1, 0.15) is 0 Å². The molecule has 1 N–H and O–H groups in total. The van der Waals surface area contributed by atoms with Crippen LogP contribution in [0.15, 0.2) is 29.1 Å². The molecule has 1 aromatic heterocycles. The van der Waals surface area contributed by atoms with E-state index in [0.29, 0.717) is 11.0 Å². The summed E-state index contributed by atoms with van der Waals surface area (Å²) < 4.78 is 4.44. The Bertz CT molecular complexity index is 574. The van der Waals surface area contributed by atoms with Crippen LogP contribution in [0.1, 0.15) is 10.5 Å². The molecule has 0 unspecified atom stereocenters. The maximum absolute atomic E-state index is 11.4. The molecule has 5 heteroatoms. The molecule has 15 heavy (non-hydrogen) atoms. The third kappa shape index (κ3) is 1.59. The van der Waals surface area contributed by atoms with E-state index in [4.69, 9.17) is 0 Å². The molecule has 5 nitrogen and oxygen atoms in total. The number of nitrogens with one attached hydrogen (secondary N) is 1. The van der Waals surface area contributed by atoms with Crippen LogP contribution < -0.4 is 5.56 Å². The number of H-pyrrole nitrogens is 1. The molecule has 1 heterocycles. The average Bonchev–Trinajstić information content (AvgIpc) is 2.27. The van der Waals surface area contributed by atoms with E-state index in [1.165, 1.54) is 7.11 Å². The van der Waals surface area contributed by atoms with Crippen molar-refractivity contribution in [2.45, 2.75) is 0 Å². The highest BCUT2D eigenvalue weighted by Gasteiger charge is 2.13. The smallest absolute Gasteiger partial charge is 0.362 e. The number of para-hydroxylation sites is 2. The number of carbonyl (C=O) groups is 1. The number of rotatable bonds is 1. The second-order valence-corrected chi connectivity index (χ2v) is 2.92. The van der Waals surface area contributed by atoms with Gasteiger partial charge in [-0.15, -0.1) is 0 Å². The Labute approximate surface area is 84.7 Å². The normalized spacial score (nSPS) is 10.2. The Morgan fingerprint density at radius 2 is 2.13 bits per heavy atom. The zero-order chi connectivity index (χ0) is 10.8. The van der Waals surface area contributed by atoms with Gasteiger partial charge in [0, 0.05) is 0 Å². The highest BCUT2D eigenvalue weighted by atomic mass is 16.5. The number of benzene rings is 1. The molecule has 2 aromatic rings. The number of aromatic amines is 1. The van der Waals surface area contributed by atoms with Crippen LogP contribution in [0.25, 0.3) is 11.0 Å². The maximum atomic E-state index is 11.4. The number of aromatic nitrogens is 2. The van der Waals surface area contributed by atoms with Gasteiger partial charge in [-0.2, -0.15) is 0 Å². The quantitative estimate of drug-likeness (QED) is 0.694. The summed E-state index contributed by atoms with van der Waals surface area (Å²) in [5, 5.41) is 0. The van der Waals surface area contributed by atoms with Crippen LogP contribution in [0.4, 0.5) is 0 Å². The van der Waals surface area contributed by atoms with E-state index in [1.54, 1.807) is 24.3 Å². The number of hydrogen-bond acceptors (Lipinski definition) is 4. The molecule has 0 saturated carbocycles. The van der Waals surface area contributed by atoms with Crippen molar-refractivity contribution in [1.29, 1.82) is 0 Å². The predicted molar refractivity (Wildman–Crippen MR) is 53.7 cm³/mol. The van der Waals surface area contributed by atoms with Gasteiger partial charge in [-0.3, -0.25) is 4.79 Å². The molecule has 0 atom stereocenters. The first kappa shape index (κ1) is 9.39. The molecule has 0 fully saturated rings. The fourth-order valence-corrected chi connectivity index (χ4v) is 1.26. The first-order chi connectivity index (χ1) is 7.22. The van der Waals surface area contributed by atoms with Crippen molar-refractivity contribution >= 4 is 17.0 Å². The van der Waals surface area contributed by atoms with E-state index in [9.17, 15) is 9.59 Å². The van der Waals surface area contributed by atoms with Crippen molar-refractivity contribution in [3.05, 3.63) is 40.3 Å². The Hall–Kier alpha value is -2.17. The van der Waals surface area contributed by atoms with E-state index < -0.39 is 11.5 Å². The fraction of sp³-hybridized carbons (Fsp3) is 0.100. The Balaban J connectivity index is 2.73. The molecular formula is C10H8N2O3. The van der Waals surface area contributed by atoms with Crippen molar-refractivity contribution in [1.82, 2.24) is 9.97 Å². The summed E-state index contributed by atoms with van der Waals surface area (Å²) in [4.78, 5) is 29.1. The lowest BCUT2D eigenvalue weighted by atomic mass is 10.3. The van der Waals surface area contributed by atoms with Gasteiger partial charge < -0.3 is 9.72 Å². The van der Waals surface area contributed by atoms with Gasteiger partial charge in [0.15, 0.2) is 0 Å². The molecule has 2 rings (SSSR count). The van der Waals surface area contributed by atoms with Crippen molar-refractivity contribution in [3.63, 3.8) is 0 Å². The largest absolute Gasteiger partial charge is 0.464 e.